The molecule has 1 aromatic rings. The first-order valence-corrected chi connectivity index (χ1v) is 6.95. The predicted molar refractivity (Wildman–Crippen MR) is 71.8 cm³/mol. The second-order valence-corrected chi connectivity index (χ2v) is 6.65. The van der Waals surface area contributed by atoms with Crippen molar-refractivity contribution >= 4 is 39.8 Å². The number of halogens is 1. The molecule has 1 aliphatic rings. The standard InChI is InChI=1S/C10H13IN2O2S/c1-13(7-3-12-4-8(7)14)10(15)6-2-9(11)16-5-6/h2,5,7-8,12,14H,3-4H2,1H3/t7-,8-/m1/s1. The summed E-state index contributed by atoms with van der Waals surface area (Å²) in [5.41, 5.74) is 0.705. The number of aliphatic hydroxyl groups is 1. The van der Waals surface area contributed by atoms with E-state index in [-0.39, 0.29) is 11.9 Å². The molecule has 6 heteroatoms. The lowest BCUT2D eigenvalue weighted by Crippen LogP contribution is -2.44. The summed E-state index contributed by atoms with van der Waals surface area (Å²) in [5.74, 6) is -0.0214. The highest BCUT2D eigenvalue weighted by Gasteiger charge is 2.31. The Balaban J connectivity index is 2.10. The van der Waals surface area contributed by atoms with Crippen molar-refractivity contribution in [2.24, 2.45) is 0 Å². The minimum Gasteiger partial charge on any atom is -0.390 e. The third-order valence-corrected chi connectivity index (χ3v) is 4.57. The van der Waals surface area contributed by atoms with Crippen LogP contribution in [0, 0.1) is 2.88 Å². The van der Waals surface area contributed by atoms with Gasteiger partial charge in [-0.15, -0.1) is 11.3 Å². The van der Waals surface area contributed by atoms with E-state index in [1.165, 1.54) is 0 Å². The number of carbonyl (C=O) groups excluding carboxylic acids is 1. The number of rotatable bonds is 2. The largest absolute Gasteiger partial charge is 0.390 e. The van der Waals surface area contributed by atoms with Crippen molar-refractivity contribution in [2.45, 2.75) is 12.1 Å². The third kappa shape index (κ3) is 2.39. The van der Waals surface area contributed by atoms with E-state index in [1.54, 1.807) is 23.3 Å². The summed E-state index contributed by atoms with van der Waals surface area (Å²) in [6, 6.07) is 1.75. The van der Waals surface area contributed by atoms with Crippen LogP contribution in [-0.4, -0.2) is 48.2 Å². The number of nitrogens with zero attached hydrogens (tertiary/aromatic N) is 1. The topological polar surface area (TPSA) is 52.6 Å². The fourth-order valence-corrected chi connectivity index (χ4v) is 3.14. The summed E-state index contributed by atoms with van der Waals surface area (Å²) in [6.45, 7) is 1.22. The zero-order chi connectivity index (χ0) is 11.7. The fraction of sp³-hybridized carbons (Fsp3) is 0.500. The Morgan fingerprint density at radius 2 is 2.44 bits per heavy atom. The quantitative estimate of drug-likeness (QED) is 0.773. The summed E-state index contributed by atoms with van der Waals surface area (Å²) in [4.78, 5) is 13.7. The maximum atomic E-state index is 12.1. The Morgan fingerprint density at radius 3 is 2.94 bits per heavy atom. The smallest absolute Gasteiger partial charge is 0.254 e. The van der Waals surface area contributed by atoms with Crippen LogP contribution in [0.3, 0.4) is 0 Å². The summed E-state index contributed by atoms with van der Waals surface area (Å²) >= 11 is 3.75. The van der Waals surface area contributed by atoms with E-state index in [0.717, 1.165) is 2.88 Å². The van der Waals surface area contributed by atoms with Crippen LogP contribution in [0.25, 0.3) is 0 Å². The number of amides is 1. The molecule has 0 unspecified atom stereocenters. The van der Waals surface area contributed by atoms with Gasteiger partial charge in [0, 0.05) is 25.5 Å². The molecule has 2 N–H and O–H groups in total. The fourth-order valence-electron chi connectivity index (χ4n) is 1.82. The molecule has 1 fully saturated rings. The molecule has 1 aromatic heterocycles. The van der Waals surface area contributed by atoms with Crippen LogP contribution in [0.15, 0.2) is 11.4 Å². The molecule has 2 atom stereocenters. The number of thiophene rings is 1. The van der Waals surface area contributed by atoms with E-state index in [1.807, 2.05) is 11.4 Å². The molecule has 0 radical (unpaired) electrons. The Hall–Kier alpha value is -0.180. The van der Waals surface area contributed by atoms with Crippen LogP contribution in [-0.2, 0) is 0 Å². The Morgan fingerprint density at radius 1 is 1.69 bits per heavy atom. The van der Waals surface area contributed by atoms with Crippen molar-refractivity contribution in [2.75, 3.05) is 20.1 Å². The molecule has 1 amide bonds. The van der Waals surface area contributed by atoms with Crippen molar-refractivity contribution in [1.82, 2.24) is 10.2 Å². The summed E-state index contributed by atoms with van der Waals surface area (Å²) < 4.78 is 1.10. The maximum absolute atomic E-state index is 12.1. The van der Waals surface area contributed by atoms with Gasteiger partial charge < -0.3 is 15.3 Å². The van der Waals surface area contributed by atoms with Gasteiger partial charge in [0.25, 0.3) is 5.91 Å². The number of β-amino-alcohol motifs (C(OH)–C–C–N with tert-alkyl or cyclic N) is 1. The van der Waals surface area contributed by atoms with E-state index in [9.17, 15) is 9.90 Å². The van der Waals surface area contributed by atoms with E-state index >= 15 is 0 Å². The van der Waals surface area contributed by atoms with Gasteiger partial charge in [0.1, 0.15) is 0 Å². The van der Waals surface area contributed by atoms with Crippen LogP contribution >= 0.6 is 33.9 Å². The van der Waals surface area contributed by atoms with Crippen molar-refractivity contribution in [3.05, 3.63) is 19.9 Å². The lowest BCUT2D eigenvalue weighted by Gasteiger charge is -2.26. The summed E-state index contributed by atoms with van der Waals surface area (Å²) in [6.07, 6.45) is -0.466. The molecule has 0 aliphatic carbocycles. The molecule has 0 saturated carbocycles. The highest BCUT2D eigenvalue weighted by atomic mass is 127. The molecular weight excluding hydrogens is 339 g/mol. The number of likely N-dealkylation sites (N-methyl/N-ethyl adjacent to an activating group) is 1. The molecule has 16 heavy (non-hydrogen) atoms. The van der Waals surface area contributed by atoms with Crippen molar-refractivity contribution < 1.29 is 9.90 Å². The van der Waals surface area contributed by atoms with Gasteiger partial charge in [-0.2, -0.15) is 0 Å². The molecular formula is C10H13IN2O2S. The predicted octanol–water partition coefficient (Wildman–Crippen LogP) is 0.757. The van der Waals surface area contributed by atoms with Gasteiger partial charge >= 0.3 is 0 Å². The Kier molecular flexibility index (Phi) is 3.83. The van der Waals surface area contributed by atoms with Crippen LogP contribution in [0.1, 0.15) is 10.4 Å². The monoisotopic (exact) mass is 352 g/mol. The van der Waals surface area contributed by atoms with Crippen molar-refractivity contribution in [3.8, 4) is 0 Å². The number of aliphatic hydroxyl groups excluding tert-OH is 1. The van der Waals surface area contributed by atoms with Gasteiger partial charge in [-0.1, -0.05) is 0 Å². The molecule has 0 aromatic carbocycles. The minimum atomic E-state index is -0.466. The molecule has 88 valence electrons. The van der Waals surface area contributed by atoms with Gasteiger partial charge in [0.05, 0.1) is 20.6 Å². The molecule has 1 saturated heterocycles. The van der Waals surface area contributed by atoms with Gasteiger partial charge in [-0.3, -0.25) is 4.79 Å². The van der Waals surface area contributed by atoms with Gasteiger partial charge in [-0.25, -0.2) is 0 Å². The van der Waals surface area contributed by atoms with Crippen LogP contribution in [0.4, 0.5) is 0 Å². The number of carbonyl (C=O) groups is 1. The number of nitrogens with one attached hydrogen (secondary N) is 1. The van der Waals surface area contributed by atoms with Gasteiger partial charge in [0.15, 0.2) is 0 Å². The van der Waals surface area contributed by atoms with E-state index in [2.05, 4.69) is 27.9 Å². The first-order valence-electron chi connectivity index (χ1n) is 4.99. The Labute approximate surface area is 112 Å². The SMILES string of the molecule is CN(C(=O)c1csc(I)c1)[C@@H]1CNC[C@H]1O. The zero-order valence-electron chi connectivity index (χ0n) is 8.81. The normalized spacial score (nSPS) is 24.7. The molecule has 0 spiro atoms. The van der Waals surface area contributed by atoms with Crippen LogP contribution in [0.2, 0.25) is 0 Å². The van der Waals surface area contributed by atoms with Crippen LogP contribution in [0.5, 0.6) is 0 Å². The average molecular weight is 352 g/mol. The molecule has 4 nitrogen and oxygen atoms in total. The third-order valence-electron chi connectivity index (χ3n) is 2.78. The molecule has 2 rings (SSSR count). The summed E-state index contributed by atoms with van der Waals surface area (Å²) in [7, 11) is 1.74. The zero-order valence-corrected chi connectivity index (χ0v) is 11.8. The second kappa shape index (κ2) is 4.99. The second-order valence-electron chi connectivity index (χ2n) is 3.85. The molecule has 1 aliphatic heterocycles. The first kappa shape index (κ1) is 12.3. The average Bonchev–Trinajstić information content (AvgIpc) is 2.85. The van der Waals surface area contributed by atoms with Gasteiger partial charge in [0.2, 0.25) is 0 Å². The summed E-state index contributed by atoms with van der Waals surface area (Å²) in [5, 5.41) is 14.6. The first-order chi connectivity index (χ1) is 7.59. The number of hydrogen-bond donors (Lipinski definition) is 2. The van der Waals surface area contributed by atoms with E-state index in [4.69, 9.17) is 0 Å². The highest BCUT2D eigenvalue weighted by Crippen LogP contribution is 2.19. The van der Waals surface area contributed by atoms with Gasteiger partial charge in [-0.05, 0) is 28.7 Å². The molecule has 0 bridgehead atoms. The van der Waals surface area contributed by atoms with Crippen LogP contribution < -0.4 is 5.32 Å². The lowest BCUT2D eigenvalue weighted by molar-refractivity contribution is 0.0581. The number of hydrogen-bond acceptors (Lipinski definition) is 4. The lowest BCUT2D eigenvalue weighted by atomic mass is 10.1. The van der Waals surface area contributed by atoms with Crippen molar-refractivity contribution in [1.29, 1.82) is 0 Å². The van der Waals surface area contributed by atoms with E-state index in [0.29, 0.717) is 18.7 Å². The highest BCUT2D eigenvalue weighted by molar-refractivity contribution is 14.1. The van der Waals surface area contributed by atoms with E-state index < -0.39 is 6.10 Å². The minimum absolute atomic E-state index is 0.0214. The van der Waals surface area contributed by atoms with Crippen molar-refractivity contribution in [3.63, 3.8) is 0 Å². The maximum Gasteiger partial charge on any atom is 0.254 e. The molecule has 2 heterocycles. The Bertz CT molecular complexity index is 396.